The summed E-state index contributed by atoms with van der Waals surface area (Å²) in [5, 5.41) is 11.5. The van der Waals surface area contributed by atoms with Gasteiger partial charge in [0.15, 0.2) is 5.82 Å². The minimum absolute atomic E-state index is 0.179. The van der Waals surface area contributed by atoms with Crippen LogP contribution in [0.1, 0.15) is 37.3 Å². The summed E-state index contributed by atoms with van der Waals surface area (Å²) < 4.78 is 0. The van der Waals surface area contributed by atoms with Gasteiger partial charge in [-0.15, -0.1) is 5.10 Å². The summed E-state index contributed by atoms with van der Waals surface area (Å²) in [6.07, 6.45) is 7.61. The minimum Gasteiger partial charge on any atom is -0.404 e. The molecule has 4 heterocycles. The Balaban J connectivity index is 1.40. The lowest BCUT2D eigenvalue weighted by Gasteiger charge is -2.31. The van der Waals surface area contributed by atoms with Crippen LogP contribution >= 0.6 is 0 Å². The van der Waals surface area contributed by atoms with Crippen molar-refractivity contribution in [2.45, 2.75) is 26.2 Å². The fourth-order valence-corrected chi connectivity index (χ4v) is 3.92. The molecule has 188 valence electrons. The van der Waals surface area contributed by atoms with Crippen LogP contribution in [0.5, 0.6) is 0 Å². The number of amides is 1. The monoisotopic (exact) mass is 487 g/mol. The molecule has 0 unspecified atom stereocenters. The summed E-state index contributed by atoms with van der Waals surface area (Å²) in [6.45, 7) is 7.73. The molecule has 4 rings (SSSR count). The van der Waals surface area contributed by atoms with E-state index in [2.05, 4.69) is 39.3 Å². The van der Waals surface area contributed by atoms with Crippen molar-refractivity contribution in [1.29, 1.82) is 0 Å². The zero-order chi connectivity index (χ0) is 25.5. The summed E-state index contributed by atoms with van der Waals surface area (Å²) in [6, 6.07) is 7.69. The number of nitrogens with zero attached hydrogens (tertiary/aromatic N) is 7. The Morgan fingerprint density at radius 2 is 2.06 bits per heavy atom. The Kier molecular flexibility index (Phi) is 8.17. The molecule has 0 aliphatic carbocycles. The van der Waals surface area contributed by atoms with Gasteiger partial charge in [0.05, 0.1) is 23.8 Å². The molecule has 1 saturated heterocycles. The Labute approximate surface area is 211 Å². The van der Waals surface area contributed by atoms with E-state index < -0.39 is 0 Å². The first kappa shape index (κ1) is 25.2. The Morgan fingerprint density at radius 3 is 2.83 bits per heavy atom. The highest BCUT2D eigenvalue weighted by Gasteiger charge is 2.20. The Hall–Kier alpha value is -3.92. The van der Waals surface area contributed by atoms with E-state index in [9.17, 15) is 4.79 Å². The molecule has 36 heavy (non-hydrogen) atoms. The third kappa shape index (κ3) is 6.39. The topological polar surface area (TPSA) is 126 Å². The minimum atomic E-state index is 0.179. The van der Waals surface area contributed by atoms with Crippen molar-refractivity contribution < 1.29 is 4.79 Å². The van der Waals surface area contributed by atoms with Crippen molar-refractivity contribution in [2.24, 2.45) is 10.7 Å². The van der Waals surface area contributed by atoms with Crippen LogP contribution in [0, 0.1) is 0 Å². The summed E-state index contributed by atoms with van der Waals surface area (Å²) in [4.78, 5) is 29.8. The van der Waals surface area contributed by atoms with Gasteiger partial charge in [0.1, 0.15) is 5.82 Å². The zero-order valence-corrected chi connectivity index (χ0v) is 21.1. The van der Waals surface area contributed by atoms with Gasteiger partial charge in [-0.3, -0.25) is 19.7 Å². The number of rotatable bonds is 9. The van der Waals surface area contributed by atoms with Crippen molar-refractivity contribution in [2.75, 3.05) is 45.1 Å². The molecule has 1 aliphatic rings. The van der Waals surface area contributed by atoms with Crippen LogP contribution in [0.3, 0.4) is 0 Å². The molecule has 1 amide bonds. The van der Waals surface area contributed by atoms with Crippen LogP contribution in [-0.2, 0) is 4.79 Å². The summed E-state index contributed by atoms with van der Waals surface area (Å²) >= 11 is 0. The lowest BCUT2D eigenvalue weighted by atomic mass is 10.1. The first-order valence-corrected chi connectivity index (χ1v) is 12.2. The quantitative estimate of drug-likeness (QED) is 0.349. The van der Waals surface area contributed by atoms with Gasteiger partial charge in [-0.05, 0) is 49.2 Å². The van der Waals surface area contributed by atoms with Gasteiger partial charge < -0.3 is 16.0 Å². The fraction of sp³-hybridized carbons (Fsp3) is 0.385. The van der Waals surface area contributed by atoms with E-state index in [0.29, 0.717) is 37.2 Å². The van der Waals surface area contributed by atoms with Crippen LogP contribution in [-0.4, -0.2) is 81.9 Å². The molecule has 3 aromatic heterocycles. The van der Waals surface area contributed by atoms with Crippen molar-refractivity contribution in [3.8, 4) is 0 Å². The second kappa shape index (κ2) is 11.7. The molecule has 0 bridgehead atoms. The lowest BCUT2D eigenvalue weighted by Crippen LogP contribution is -2.49. The average molecular weight is 488 g/mol. The Morgan fingerprint density at radius 1 is 1.19 bits per heavy atom. The molecule has 3 N–H and O–H groups in total. The predicted octanol–water partition coefficient (Wildman–Crippen LogP) is 2.82. The number of pyridine rings is 2. The van der Waals surface area contributed by atoms with Crippen LogP contribution in [0.15, 0.2) is 47.9 Å². The van der Waals surface area contributed by atoms with Crippen molar-refractivity contribution >= 4 is 40.4 Å². The molecule has 10 heteroatoms. The van der Waals surface area contributed by atoms with Crippen LogP contribution in [0.2, 0.25) is 0 Å². The molecule has 10 nitrogen and oxygen atoms in total. The first-order valence-electron chi connectivity index (χ1n) is 12.2. The molecule has 0 saturated carbocycles. The molecule has 0 spiro atoms. The number of aromatic nitrogens is 4. The van der Waals surface area contributed by atoms with Crippen molar-refractivity contribution in [3.63, 3.8) is 0 Å². The highest BCUT2D eigenvalue weighted by Crippen LogP contribution is 2.21. The van der Waals surface area contributed by atoms with Crippen molar-refractivity contribution in [3.05, 3.63) is 54.0 Å². The number of nitrogens with two attached hydrogens (primary N) is 1. The van der Waals surface area contributed by atoms with Crippen LogP contribution in [0.4, 0.5) is 11.6 Å². The molecule has 0 atom stereocenters. The summed E-state index contributed by atoms with van der Waals surface area (Å²) in [5.74, 6) is 1.83. The number of hydrogen-bond donors (Lipinski definition) is 2. The SMILES string of the molecule is CC(C)c1cnnc(Nc2ccc3ncc(C(C=NCCCN4CCN(C)CC4=O)=CN)cc3n2)c1. The van der Waals surface area contributed by atoms with Crippen LogP contribution < -0.4 is 11.1 Å². The standard InChI is InChI=1S/C26H33N9O/c1-18(2)19-12-25(33-30-16-19)32-24-6-5-22-23(31-24)11-20(15-29-22)21(13-27)14-28-7-4-8-35-10-9-34(3)17-26(35)36/h5-6,11-16,18H,4,7-10,17,27H2,1-3H3,(H,31,32,33). The Bertz CT molecular complexity index is 1270. The smallest absolute Gasteiger partial charge is 0.236 e. The summed E-state index contributed by atoms with van der Waals surface area (Å²) in [5.41, 5.74) is 10.1. The number of piperazine rings is 1. The van der Waals surface area contributed by atoms with E-state index in [4.69, 9.17) is 10.7 Å². The van der Waals surface area contributed by atoms with Gasteiger partial charge >= 0.3 is 0 Å². The first-order chi connectivity index (χ1) is 17.4. The number of fused-ring (bicyclic) bond motifs is 1. The molecule has 0 aromatic carbocycles. The normalized spacial score (nSPS) is 15.4. The highest BCUT2D eigenvalue weighted by molar-refractivity contribution is 6.10. The molecule has 1 aliphatic heterocycles. The molecule has 3 aromatic rings. The molecule has 1 fully saturated rings. The van der Waals surface area contributed by atoms with E-state index in [1.54, 1.807) is 18.6 Å². The number of aliphatic imine (C=N–C) groups is 1. The van der Waals surface area contributed by atoms with Gasteiger partial charge in [-0.25, -0.2) is 4.98 Å². The number of allylic oxidation sites excluding steroid dienone is 1. The predicted molar refractivity (Wildman–Crippen MR) is 143 cm³/mol. The van der Waals surface area contributed by atoms with Gasteiger partial charge in [-0.2, -0.15) is 5.10 Å². The van der Waals surface area contributed by atoms with Crippen LogP contribution in [0.25, 0.3) is 16.6 Å². The van der Waals surface area contributed by atoms with E-state index in [1.165, 1.54) is 6.20 Å². The fourth-order valence-electron chi connectivity index (χ4n) is 3.92. The van der Waals surface area contributed by atoms with Crippen molar-refractivity contribution in [1.82, 2.24) is 30.0 Å². The maximum Gasteiger partial charge on any atom is 0.236 e. The second-order valence-corrected chi connectivity index (χ2v) is 9.24. The van der Waals surface area contributed by atoms with Gasteiger partial charge in [-0.1, -0.05) is 13.8 Å². The molecular weight excluding hydrogens is 454 g/mol. The van der Waals surface area contributed by atoms with E-state index in [0.717, 1.165) is 47.2 Å². The number of carbonyl (C=O) groups excluding carboxylic acids is 1. The van der Waals surface area contributed by atoms with E-state index in [1.807, 2.05) is 41.1 Å². The molecule has 0 radical (unpaired) electrons. The highest BCUT2D eigenvalue weighted by atomic mass is 16.2. The number of likely N-dealkylation sites (N-methyl/N-ethyl adjacent to an activating group) is 1. The number of anilines is 2. The maximum absolute atomic E-state index is 12.1. The van der Waals surface area contributed by atoms with Gasteiger partial charge in [0, 0.05) is 55.9 Å². The van der Waals surface area contributed by atoms with E-state index in [-0.39, 0.29) is 5.91 Å². The number of carbonyl (C=O) groups is 1. The summed E-state index contributed by atoms with van der Waals surface area (Å²) in [7, 11) is 1.97. The molecular formula is C26H33N9O. The lowest BCUT2D eigenvalue weighted by molar-refractivity contribution is -0.135. The third-order valence-corrected chi connectivity index (χ3v) is 6.10. The van der Waals surface area contributed by atoms with Gasteiger partial charge in [0.2, 0.25) is 5.91 Å². The third-order valence-electron chi connectivity index (χ3n) is 6.10. The number of hydrogen-bond acceptors (Lipinski definition) is 9. The zero-order valence-electron chi connectivity index (χ0n) is 21.1. The number of nitrogens with one attached hydrogen (secondary N) is 1. The average Bonchev–Trinajstić information content (AvgIpc) is 2.87. The van der Waals surface area contributed by atoms with Gasteiger partial charge in [0.25, 0.3) is 0 Å². The second-order valence-electron chi connectivity index (χ2n) is 9.24. The maximum atomic E-state index is 12.1. The largest absolute Gasteiger partial charge is 0.404 e. The van der Waals surface area contributed by atoms with E-state index >= 15 is 0 Å².